The summed E-state index contributed by atoms with van der Waals surface area (Å²) in [4.78, 5) is 0. The van der Waals surface area contributed by atoms with E-state index in [0.717, 1.165) is 31.9 Å². The topological polar surface area (TPSA) is 47.3 Å². The number of halogens is 1. The Balaban J connectivity index is 2.45. The molecular weight excluding hydrogens is 207 g/mol. The third-order valence-electron chi connectivity index (χ3n) is 2.32. The molecule has 0 aliphatic rings. The van der Waals surface area contributed by atoms with Crippen LogP contribution in [0.2, 0.25) is 0 Å². The van der Waals surface area contributed by atoms with Gasteiger partial charge in [-0.3, -0.25) is 0 Å². The maximum absolute atomic E-state index is 13.1. The smallest absolute Gasteiger partial charge is 0.128 e. The second-order valence-corrected chi connectivity index (χ2v) is 3.67. The number of nitrogens with one attached hydrogen (secondary N) is 1. The number of aryl methyl sites for hydroxylation is 1. The van der Waals surface area contributed by atoms with Gasteiger partial charge in [-0.2, -0.15) is 0 Å². The second-order valence-electron chi connectivity index (χ2n) is 3.67. The zero-order chi connectivity index (χ0) is 12.0. The lowest BCUT2D eigenvalue weighted by Crippen LogP contribution is -2.08. The molecule has 0 saturated carbocycles. The van der Waals surface area contributed by atoms with Crippen LogP contribution in [0.25, 0.3) is 0 Å². The van der Waals surface area contributed by atoms with E-state index in [2.05, 4.69) is 5.32 Å². The van der Waals surface area contributed by atoms with Crippen LogP contribution in [0.1, 0.15) is 18.9 Å². The van der Waals surface area contributed by atoms with E-state index in [1.807, 2.05) is 6.92 Å². The fourth-order valence-electron chi connectivity index (χ4n) is 1.39. The summed E-state index contributed by atoms with van der Waals surface area (Å²) < 4.78 is 18.3. The van der Waals surface area contributed by atoms with E-state index >= 15 is 0 Å². The first-order chi connectivity index (χ1) is 7.65. The van der Waals surface area contributed by atoms with Crippen LogP contribution in [0, 0.1) is 12.7 Å². The quantitative estimate of drug-likeness (QED) is 0.579. The standard InChI is InChI=1S/C12H19FN2O/c1-3-16-6-4-5-15-12-7-9(2)10(13)8-11(12)14/h7-8,15H,3-6,14H2,1-2H3. The molecule has 0 aliphatic carbocycles. The lowest BCUT2D eigenvalue weighted by molar-refractivity contribution is 0.147. The summed E-state index contributed by atoms with van der Waals surface area (Å²) in [5, 5.41) is 3.17. The van der Waals surface area contributed by atoms with Gasteiger partial charge in [-0.05, 0) is 38.0 Å². The molecule has 0 atom stereocenters. The first-order valence-electron chi connectivity index (χ1n) is 5.52. The summed E-state index contributed by atoms with van der Waals surface area (Å²) in [6.07, 6.45) is 0.906. The molecule has 0 unspecified atom stereocenters. The van der Waals surface area contributed by atoms with E-state index in [-0.39, 0.29) is 5.82 Å². The molecule has 0 amide bonds. The first-order valence-corrected chi connectivity index (χ1v) is 5.52. The van der Waals surface area contributed by atoms with Crippen molar-refractivity contribution < 1.29 is 9.13 Å². The fourth-order valence-corrected chi connectivity index (χ4v) is 1.39. The highest BCUT2D eigenvalue weighted by molar-refractivity contribution is 5.67. The average Bonchev–Trinajstić information content (AvgIpc) is 2.25. The molecule has 90 valence electrons. The first kappa shape index (κ1) is 12.8. The van der Waals surface area contributed by atoms with Crippen molar-refractivity contribution in [2.45, 2.75) is 20.3 Å². The molecule has 3 nitrogen and oxygen atoms in total. The SMILES string of the molecule is CCOCCCNc1cc(C)c(F)cc1N. The molecule has 0 fully saturated rings. The van der Waals surface area contributed by atoms with Gasteiger partial charge in [-0.15, -0.1) is 0 Å². The fraction of sp³-hybridized carbons (Fsp3) is 0.500. The molecule has 3 N–H and O–H groups in total. The van der Waals surface area contributed by atoms with Gasteiger partial charge in [0.1, 0.15) is 5.82 Å². The number of benzene rings is 1. The Morgan fingerprint density at radius 1 is 1.44 bits per heavy atom. The van der Waals surface area contributed by atoms with E-state index in [0.29, 0.717) is 11.3 Å². The van der Waals surface area contributed by atoms with Crippen LogP contribution >= 0.6 is 0 Å². The molecule has 16 heavy (non-hydrogen) atoms. The average molecular weight is 226 g/mol. The van der Waals surface area contributed by atoms with Crippen molar-refractivity contribution in [1.82, 2.24) is 0 Å². The molecule has 1 aromatic carbocycles. The number of nitrogen functional groups attached to an aromatic ring is 1. The van der Waals surface area contributed by atoms with Crippen LogP contribution in [-0.2, 0) is 4.74 Å². The van der Waals surface area contributed by atoms with Crippen molar-refractivity contribution in [3.63, 3.8) is 0 Å². The van der Waals surface area contributed by atoms with Gasteiger partial charge in [-0.1, -0.05) is 0 Å². The number of ether oxygens (including phenoxy) is 1. The lowest BCUT2D eigenvalue weighted by Gasteiger charge is -2.10. The molecule has 1 rings (SSSR count). The van der Waals surface area contributed by atoms with Crippen molar-refractivity contribution in [3.8, 4) is 0 Å². The largest absolute Gasteiger partial charge is 0.397 e. The number of anilines is 2. The highest BCUT2D eigenvalue weighted by atomic mass is 19.1. The van der Waals surface area contributed by atoms with Gasteiger partial charge < -0.3 is 15.8 Å². The summed E-state index contributed by atoms with van der Waals surface area (Å²) in [7, 11) is 0. The van der Waals surface area contributed by atoms with Crippen molar-refractivity contribution in [2.24, 2.45) is 0 Å². The van der Waals surface area contributed by atoms with Crippen molar-refractivity contribution in [3.05, 3.63) is 23.5 Å². The number of hydrogen-bond acceptors (Lipinski definition) is 3. The molecule has 0 radical (unpaired) electrons. The predicted molar refractivity (Wildman–Crippen MR) is 65.1 cm³/mol. The van der Waals surface area contributed by atoms with Crippen LogP contribution in [-0.4, -0.2) is 19.8 Å². The van der Waals surface area contributed by atoms with Crippen LogP contribution in [0.5, 0.6) is 0 Å². The number of rotatable bonds is 6. The Labute approximate surface area is 95.8 Å². The molecule has 4 heteroatoms. The summed E-state index contributed by atoms with van der Waals surface area (Å²) >= 11 is 0. The minimum absolute atomic E-state index is 0.266. The second kappa shape index (κ2) is 6.33. The zero-order valence-corrected chi connectivity index (χ0v) is 9.85. The third-order valence-corrected chi connectivity index (χ3v) is 2.32. The third kappa shape index (κ3) is 3.70. The van der Waals surface area contributed by atoms with Crippen molar-refractivity contribution in [1.29, 1.82) is 0 Å². The van der Waals surface area contributed by atoms with E-state index in [9.17, 15) is 4.39 Å². The Bertz CT molecular complexity index is 342. The zero-order valence-electron chi connectivity index (χ0n) is 9.85. The molecule has 0 aromatic heterocycles. The van der Waals surface area contributed by atoms with Crippen LogP contribution in [0.4, 0.5) is 15.8 Å². The normalized spacial score (nSPS) is 10.4. The Kier molecular flexibility index (Phi) is 5.05. The van der Waals surface area contributed by atoms with E-state index in [1.54, 1.807) is 13.0 Å². The van der Waals surface area contributed by atoms with E-state index in [1.165, 1.54) is 6.07 Å². The van der Waals surface area contributed by atoms with Gasteiger partial charge in [0.15, 0.2) is 0 Å². The van der Waals surface area contributed by atoms with Crippen LogP contribution < -0.4 is 11.1 Å². The highest BCUT2D eigenvalue weighted by Gasteiger charge is 2.03. The Hall–Kier alpha value is -1.29. The van der Waals surface area contributed by atoms with Crippen LogP contribution in [0.15, 0.2) is 12.1 Å². The van der Waals surface area contributed by atoms with E-state index in [4.69, 9.17) is 10.5 Å². The molecule has 0 spiro atoms. The number of nitrogens with two attached hydrogens (primary N) is 1. The molecule has 0 saturated heterocycles. The summed E-state index contributed by atoms with van der Waals surface area (Å²) in [5.74, 6) is -0.266. The molecule has 0 heterocycles. The summed E-state index contributed by atoms with van der Waals surface area (Å²) in [5.41, 5.74) is 7.53. The van der Waals surface area contributed by atoms with Gasteiger partial charge in [0.2, 0.25) is 0 Å². The summed E-state index contributed by atoms with van der Waals surface area (Å²) in [6, 6.07) is 3.07. The van der Waals surface area contributed by atoms with Gasteiger partial charge in [0, 0.05) is 19.8 Å². The van der Waals surface area contributed by atoms with E-state index < -0.39 is 0 Å². The van der Waals surface area contributed by atoms with Crippen molar-refractivity contribution in [2.75, 3.05) is 30.8 Å². The lowest BCUT2D eigenvalue weighted by atomic mass is 10.2. The summed E-state index contributed by atoms with van der Waals surface area (Å²) in [6.45, 7) is 5.92. The molecule has 1 aromatic rings. The Morgan fingerprint density at radius 2 is 2.19 bits per heavy atom. The highest BCUT2D eigenvalue weighted by Crippen LogP contribution is 2.22. The van der Waals surface area contributed by atoms with Gasteiger partial charge in [-0.25, -0.2) is 4.39 Å². The minimum Gasteiger partial charge on any atom is -0.397 e. The predicted octanol–water partition coefficient (Wildman–Crippen LogP) is 2.55. The minimum atomic E-state index is -0.266. The van der Waals surface area contributed by atoms with Gasteiger partial charge in [0.05, 0.1) is 11.4 Å². The van der Waals surface area contributed by atoms with Gasteiger partial charge >= 0.3 is 0 Å². The maximum atomic E-state index is 13.1. The van der Waals surface area contributed by atoms with Crippen molar-refractivity contribution >= 4 is 11.4 Å². The molecular formula is C12H19FN2O. The molecule has 0 bridgehead atoms. The molecule has 0 aliphatic heterocycles. The van der Waals surface area contributed by atoms with Gasteiger partial charge in [0.25, 0.3) is 0 Å². The monoisotopic (exact) mass is 226 g/mol. The van der Waals surface area contributed by atoms with Crippen LogP contribution in [0.3, 0.4) is 0 Å². The Morgan fingerprint density at radius 3 is 2.88 bits per heavy atom. The number of hydrogen-bond donors (Lipinski definition) is 2. The maximum Gasteiger partial charge on any atom is 0.128 e.